The van der Waals surface area contributed by atoms with E-state index in [1.807, 2.05) is 27.0 Å². The largest absolute Gasteiger partial charge is 0.464 e. The van der Waals surface area contributed by atoms with Crippen LogP contribution in [0.4, 0.5) is 15.4 Å². The minimum Gasteiger partial charge on any atom is -0.464 e. The number of amides is 2. The summed E-state index contributed by atoms with van der Waals surface area (Å²) < 4.78 is 1.34. The van der Waals surface area contributed by atoms with Crippen LogP contribution in [0.15, 0.2) is 6.33 Å². The number of hydrogen-bond acceptors (Lipinski definition) is 8. The first-order chi connectivity index (χ1) is 16.3. The predicted octanol–water partition coefficient (Wildman–Crippen LogP) is 2.21. The lowest BCUT2D eigenvalue weighted by atomic mass is 10.2. The van der Waals surface area contributed by atoms with Crippen LogP contribution in [0.25, 0.3) is 11.2 Å². The van der Waals surface area contributed by atoms with Gasteiger partial charge in [0.05, 0.1) is 6.04 Å². The number of imidazole rings is 1. The topological polar surface area (TPSA) is 135 Å². The van der Waals surface area contributed by atoms with E-state index in [0.717, 1.165) is 38.8 Å². The van der Waals surface area contributed by atoms with Gasteiger partial charge >= 0.3 is 12.1 Å². The lowest BCUT2D eigenvalue weighted by Gasteiger charge is -2.38. The first kappa shape index (κ1) is 23.7. The summed E-state index contributed by atoms with van der Waals surface area (Å²) in [6.07, 6.45) is 3.86. The van der Waals surface area contributed by atoms with E-state index in [0.29, 0.717) is 18.6 Å². The summed E-state index contributed by atoms with van der Waals surface area (Å²) in [6.45, 7) is 6.84. The zero-order valence-electron chi connectivity index (χ0n) is 19.9. The molecule has 34 heavy (non-hydrogen) atoms. The summed E-state index contributed by atoms with van der Waals surface area (Å²) in [7, 11) is 2.01. The fraction of sp³-hybridized carbons (Fsp3) is 0.636. The fourth-order valence-electron chi connectivity index (χ4n) is 4.62. The first-order valence-corrected chi connectivity index (χ1v) is 11.7. The number of piperazine rings is 1. The highest BCUT2D eigenvalue weighted by Crippen LogP contribution is 2.33. The van der Waals surface area contributed by atoms with Gasteiger partial charge in [-0.2, -0.15) is 15.2 Å². The Morgan fingerprint density at radius 3 is 2.47 bits per heavy atom. The highest BCUT2D eigenvalue weighted by Gasteiger charge is 2.35. The molecule has 2 aromatic rings. The number of rotatable bonds is 5. The highest BCUT2D eigenvalue weighted by molar-refractivity contribution is 5.92. The minimum atomic E-state index is -1.10. The third-order valence-electron chi connectivity index (χ3n) is 6.36. The zero-order valence-corrected chi connectivity index (χ0v) is 19.9. The van der Waals surface area contributed by atoms with Crippen molar-refractivity contribution in [1.82, 2.24) is 34.3 Å². The van der Waals surface area contributed by atoms with Crippen molar-refractivity contribution in [3.63, 3.8) is 0 Å². The van der Waals surface area contributed by atoms with Gasteiger partial charge in [-0.1, -0.05) is 26.7 Å². The van der Waals surface area contributed by atoms with Gasteiger partial charge in [0.1, 0.15) is 12.4 Å². The molecule has 0 radical (unpaired) electrons. The quantitative estimate of drug-likeness (QED) is 0.654. The second-order valence-corrected chi connectivity index (χ2v) is 9.38. The molecule has 1 aliphatic heterocycles. The van der Waals surface area contributed by atoms with Gasteiger partial charge in [-0.15, -0.1) is 0 Å². The molecule has 2 fully saturated rings. The summed E-state index contributed by atoms with van der Waals surface area (Å²) in [5.74, 6) is 0.193. The van der Waals surface area contributed by atoms with E-state index in [9.17, 15) is 20.0 Å². The predicted molar refractivity (Wildman–Crippen MR) is 124 cm³/mol. The number of nitriles is 1. The molecule has 12 nitrogen and oxygen atoms in total. The monoisotopic (exact) mass is 469 g/mol. The smallest absolute Gasteiger partial charge is 0.426 e. The second kappa shape index (κ2) is 9.80. The molecule has 4 rings (SSSR count). The van der Waals surface area contributed by atoms with Crippen LogP contribution < -0.4 is 5.01 Å². The Labute approximate surface area is 198 Å². The third kappa shape index (κ3) is 4.61. The molecule has 2 amide bonds. The SMILES string of the molecule is CC(C)CN(C(=O)O)N(c1nc(C#N)nc2c1ncn2C(=O)N1CCN(C)CC1)C1CCCC1. The number of fused-ring (bicyclic) bond motifs is 1. The van der Waals surface area contributed by atoms with Crippen LogP contribution in [0.2, 0.25) is 0 Å². The normalized spacial score (nSPS) is 17.3. The van der Waals surface area contributed by atoms with E-state index in [2.05, 4.69) is 19.9 Å². The molecule has 0 atom stereocenters. The molecule has 2 aromatic heterocycles. The van der Waals surface area contributed by atoms with Crippen LogP contribution in [-0.2, 0) is 0 Å². The summed E-state index contributed by atoms with van der Waals surface area (Å²) >= 11 is 0. The number of carbonyl (C=O) groups excluding carboxylic acids is 1. The van der Waals surface area contributed by atoms with Gasteiger partial charge in [0.25, 0.3) is 0 Å². The zero-order chi connectivity index (χ0) is 24.4. The molecule has 0 bridgehead atoms. The van der Waals surface area contributed by atoms with Crippen molar-refractivity contribution in [1.29, 1.82) is 5.26 Å². The van der Waals surface area contributed by atoms with Gasteiger partial charge in [0, 0.05) is 32.7 Å². The lowest BCUT2D eigenvalue weighted by molar-refractivity contribution is 0.126. The van der Waals surface area contributed by atoms with E-state index in [-0.39, 0.29) is 41.8 Å². The Hall–Kier alpha value is -3.46. The number of hydrogen-bond donors (Lipinski definition) is 1. The molecular weight excluding hydrogens is 438 g/mol. The summed E-state index contributed by atoms with van der Waals surface area (Å²) in [6, 6.07) is 1.60. The number of carbonyl (C=O) groups is 2. The van der Waals surface area contributed by atoms with Crippen LogP contribution >= 0.6 is 0 Å². The Morgan fingerprint density at radius 1 is 1.21 bits per heavy atom. The lowest BCUT2D eigenvalue weighted by Crippen LogP contribution is -2.52. The second-order valence-electron chi connectivity index (χ2n) is 9.38. The minimum absolute atomic E-state index is 0.0733. The highest BCUT2D eigenvalue weighted by atomic mass is 16.4. The molecule has 0 aromatic carbocycles. The van der Waals surface area contributed by atoms with Crippen molar-refractivity contribution in [2.45, 2.75) is 45.6 Å². The van der Waals surface area contributed by atoms with E-state index in [1.165, 1.54) is 15.9 Å². The Bertz CT molecular complexity index is 1090. The van der Waals surface area contributed by atoms with Gasteiger partial charge in [-0.05, 0) is 25.8 Å². The molecule has 1 aliphatic carbocycles. The van der Waals surface area contributed by atoms with Gasteiger partial charge in [0.15, 0.2) is 17.0 Å². The maximum atomic E-state index is 13.3. The molecule has 1 N–H and O–H groups in total. The van der Waals surface area contributed by atoms with Crippen LogP contribution in [0.1, 0.15) is 45.4 Å². The number of carboxylic acid groups (broad SMARTS) is 1. The maximum absolute atomic E-state index is 13.3. The standard InChI is InChI=1S/C22H31N9O3/c1-15(2)13-30(22(33)34)31(16-6-4-5-7-16)20-18-19(25-17(12-23)26-20)29(14-24-18)21(32)28-10-8-27(3)9-11-28/h14-16H,4-11,13H2,1-3H3,(H,33,34). The van der Waals surface area contributed by atoms with E-state index in [1.54, 1.807) is 9.91 Å². The van der Waals surface area contributed by atoms with Crippen LogP contribution in [0.5, 0.6) is 0 Å². The van der Waals surface area contributed by atoms with Crippen molar-refractivity contribution in [2.24, 2.45) is 5.92 Å². The van der Waals surface area contributed by atoms with Crippen LogP contribution in [0, 0.1) is 17.2 Å². The molecule has 1 saturated carbocycles. The van der Waals surface area contributed by atoms with E-state index in [4.69, 9.17) is 0 Å². The van der Waals surface area contributed by atoms with Crippen molar-refractivity contribution in [2.75, 3.05) is 44.8 Å². The molecule has 3 heterocycles. The maximum Gasteiger partial charge on any atom is 0.426 e. The average Bonchev–Trinajstić information content (AvgIpc) is 3.48. The van der Waals surface area contributed by atoms with Gasteiger partial charge < -0.3 is 14.9 Å². The van der Waals surface area contributed by atoms with Crippen molar-refractivity contribution in [3.8, 4) is 6.07 Å². The van der Waals surface area contributed by atoms with E-state index >= 15 is 0 Å². The fourth-order valence-corrected chi connectivity index (χ4v) is 4.62. The van der Waals surface area contributed by atoms with Crippen molar-refractivity contribution in [3.05, 3.63) is 12.2 Å². The summed E-state index contributed by atoms with van der Waals surface area (Å²) in [5, 5.41) is 22.7. The average molecular weight is 470 g/mol. The van der Waals surface area contributed by atoms with E-state index < -0.39 is 6.09 Å². The number of aromatic nitrogens is 4. The van der Waals surface area contributed by atoms with Gasteiger partial charge in [-0.25, -0.2) is 24.1 Å². The van der Waals surface area contributed by atoms with Crippen molar-refractivity contribution < 1.29 is 14.7 Å². The first-order valence-electron chi connectivity index (χ1n) is 11.7. The van der Waals surface area contributed by atoms with Gasteiger partial charge in [-0.3, -0.25) is 5.01 Å². The number of nitrogens with zero attached hydrogens (tertiary/aromatic N) is 9. The number of anilines is 1. The molecule has 0 unspecified atom stereocenters. The molecule has 182 valence electrons. The van der Waals surface area contributed by atoms with Crippen LogP contribution in [-0.4, -0.2) is 97.4 Å². The van der Waals surface area contributed by atoms with Crippen LogP contribution in [0.3, 0.4) is 0 Å². The Morgan fingerprint density at radius 2 is 1.88 bits per heavy atom. The molecule has 12 heteroatoms. The Balaban J connectivity index is 1.82. The molecular formula is C22H31N9O3. The summed E-state index contributed by atoms with van der Waals surface area (Å²) in [4.78, 5) is 42.6. The summed E-state index contributed by atoms with van der Waals surface area (Å²) in [5.41, 5.74) is 0.520. The molecule has 1 saturated heterocycles. The number of likely N-dealkylation sites (N-methyl/N-ethyl adjacent to an activating group) is 1. The molecule has 0 spiro atoms. The number of hydrazine groups is 1. The van der Waals surface area contributed by atoms with Crippen molar-refractivity contribution >= 4 is 29.1 Å². The third-order valence-corrected chi connectivity index (χ3v) is 6.36. The Kier molecular flexibility index (Phi) is 6.83. The van der Waals surface area contributed by atoms with Gasteiger partial charge in [0.2, 0.25) is 5.82 Å². The molecule has 2 aliphatic rings.